The van der Waals surface area contributed by atoms with Crippen LogP contribution < -0.4 is 5.32 Å². The molecule has 0 radical (unpaired) electrons. The number of carbonyl (C=O) groups excluding carboxylic acids is 3. The zero-order chi connectivity index (χ0) is 21.1. The molecule has 0 atom stereocenters. The number of thioether (sulfide) groups is 1. The Hall–Kier alpha value is -3.17. The molecule has 0 spiro atoms. The molecule has 2 aromatic rings. The summed E-state index contributed by atoms with van der Waals surface area (Å²) in [6.45, 7) is 1.43. The average Bonchev–Trinajstić information content (AvgIpc) is 2.90. The molecule has 1 aliphatic heterocycles. The van der Waals surface area contributed by atoms with Crippen molar-refractivity contribution in [1.82, 2.24) is 4.90 Å². The number of hydrogen-bond donors (Lipinski definition) is 1. The quantitative estimate of drug-likeness (QED) is 0.431. The molecule has 1 fully saturated rings. The van der Waals surface area contributed by atoms with E-state index in [1.807, 2.05) is 13.0 Å². The lowest BCUT2D eigenvalue weighted by molar-refractivity contribution is -0.384. The second-order valence-corrected chi connectivity index (χ2v) is 7.55. The fraction of sp³-hybridized carbons (Fsp3) is 0.105. The number of anilines is 1. The van der Waals surface area contributed by atoms with Gasteiger partial charge in [-0.2, -0.15) is 0 Å². The van der Waals surface area contributed by atoms with E-state index in [2.05, 4.69) is 5.32 Å². The van der Waals surface area contributed by atoms with Crippen LogP contribution in [0.5, 0.6) is 0 Å². The van der Waals surface area contributed by atoms with Crippen molar-refractivity contribution in [2.45, 2.75) is 6.92 Å². The molecule has 0 aliphatic carbocycles. The standard InChI is InChI=1S/C19H14ClN3O5S/c1-11-3-2-4-13(7-11)21-17(24)10-22-18(25)16(29-19(22)26)9-12-8-14(23(27)28)5-6-15(12)20/h2-9H,10H2,1H3,(H,21,24)/b16-9-. The van der Waals surface area contributed by atoms with Gasteiger partial charge in [0.15, 0.2) is 0 Å². The summed E-state index contributed by atoms with van der Waals surface area (Å²) in [4.78, 5) is 48.2. The summed E-state index contributed by atoms with van der Waals surface area (Å²) in [5.74, 6) is -1.19. The lowest BCUT2D eigenvalue weighted by Crippen LogP contribution is -2.36. The van der Waals surface area contributed by atoms with E-state index in [1.54, 1.807) is 18.2 Å². The average molecular weight is 432 g/mol. The van der Waals surface area contributed by atoms with Gasteiger partial charge in [-0.1, -0.05) is 23.7 Å². The van der Waals surface area contributed by atoms with Crippen LogP contribution in [-0.2, 0) is 9.59 Å². The monoisotopic (exact) mass is 431 g/mol. The van der Waals surface area contributed by atoms with Crippen LogP contribution in [0.3, 0.4) is 0 Å². The van der Waals surface area contributed by atoms with Gasteiger partial charge in [-0.15, -0.1) is 0 Å². The first kappa shape index (κ1) is 20.6. The Morgan fingerprint density at radius 3 is 2.72 bits per heavy atom. The van der Waals surface area contributed by atoms with Crippen molar-refractivity contribution in [3.8, 4) is 0 Å². The molecular formula is C19H14ClN3O5S. The van der Waals surface area contributed by atoms with Crippen molar-refractivity contribution in [3.63, 3.8) is 0 Å². The van der Waals surface area contributed by atoms with Crippen LogP contribution in [0.4, 0.5) is 16.2 Å². The van der Waals surface area contributed by atoms with Gasteiger partial charge in [0.1, 0.15) is 6.54 Å². The van der Waals surface area contributed by atoms with E-state index in [-0.39, 0.29) is 21.2 Å². The van der Waals surface area contributed by atoms with Crippen molar-refractivity contribution in [1.29, 1.82) is 0 Å². The van der Waals surface area contributed by atoms with E-state index in [0.717, 1.165) is 10.5 Å². The SMILES string of the molecule is Cc1cccc(NC(=O)CN2C(=O)S/C(=C\c3cc([N+](=O)[O-])ccc3Cl)C2=O)c1. The maximum Gasteiger partial charge on any atom is 0.294 e. The minimum atomic E-state index is -0.665. The Bertz CT molecular complexity index is 1070. The first-order valence-corrected chi connectivity index (χ1v) is 9.50. The van der Waals surface area contributed by atoms with E-state index < -0.39 is 28.5 Å². The van der Waals surface area contributed by atoms with Crippen molar-refractivity contribution >= 4 is 57.9 Å². The molecule has 8 nitrogen and oxygen atoms in total. The number of nitrogens with zero attached hydrogens (tertiary/aromatic N) is 2. The summed E-state index contributed by atoms with van der Waals surface area (Å²) in [5.41, 5.74) is 1.54. The van der Waals surface area contributed by atoms with E-state index in [1.165, 1.54) is 24.3 Å². The number of nitrogens with one attached hydrogen (secondary N) is 1. The highest BCUT2D eigenvalue weighted by atomic mass is 35.5. The van der Waals surface area contributed by atoms with Gasteiger partial charge in [0, 0.05) is 28.4 Å². The highest BCUT2D eigenvalue weighted by Gasteiger charge is 2.36. The third-order valence-corrected chi connectivity index (χ3v) is 5.21. The zero-order valence-corrected chi connectivity index (χ0v) is 16.6. The molecule has 1 N–H and O–H groups in total. The molecule has 148 valence electrons. The number of hydrogen-bond acceptors (Lipinski definition) is 6. The van der Waals surface area contributed by atoms with Crippen LogP contribution in [-0.4, -0.2) is 33.4 Å². The first-order chi connectivity index (χ1) is 13.7. The van der Waals surface area contributed by atoms with Crippen molar-refractivity contribution < 1.29 is 19.3 Å². The van der Waals surface area contributed by atoms with Gasteiger partial charge in [-0.25, -0.2) is 0 Å². The predicted octanol–water partition coefficient (Wildman–Crippen LogP) is 4.23. The summed E-state index contributed by atoms with van der Waals surface area (Å²) in [6, 6.07) is 10.9. The van der Waals surface area contributed by atoms with Crippen molar-refractivity contribution in [3.05, 3.63) is 73.6 Å². The van der Waals surface area contributed by atoms with E-state index >= 15 is 0 Å². The van der Waals surface area contributed by atoms with Crippen LogP contribution in [0.25, 0.3) is 6.08 Å². The van der Waals surface area contributed by atoms with Gasteiger partial charge < -0.3 is 5.32 Å². The molecule has 1 heterocycles. The van der Waals surface area contributed by atoms with Crippen molar-refractivity contribution in [2.75, 3.05) is 11.9 Å². The van der Waals surface area contributed by atoms with E-state index in [0.29, 0.717) is 17.4 Å². The summed E-state index contributed by atoms with van der Waals surface area (Å²) < 4.78 is 0. The molecule has 0 unspecified atom stereocenters. The number of halogens is 1. The van der Waals surface area contributed by atoms with Crippen LogP contribution in [0.2, 0.25) is 5.02 Å². The second kappa shape index (κ2) is 8.46. The Morgan fingerprint density at radius 1 is 1.28 bits per heavy atom. The molecule has 0 aromatic heterocycles. The molecule has 10 heteroatoms. The lowest BCUT2D eigenvalue weighted by atomic mass is 10.2. The first-order valence-electron chi connectivity index (χ1n) is 8.30. The molecule has 3 amide bonds. The van der Waals surface area contributed by atoms with Gasteiger partial charge in [0.25, 0.3) is 16.8 Å². The van der Waals surface area contributed by atoms with Gasteiger partial charge in [0.2, 0.25) is 5.91 Å². The summed E-state index contributed by atoms with van der Waals surface area (Å²) in [7, 11) is 0. The molecule has 1 saturated heterocycles. The Balaban J connectivity index is 1.76. The molecule has 0 bridgehead atoms. The smallest absolute Gasteiger partial charge is 0.294 e. The second-order valence-electron chi connectivity index (χ2n) is 6.15. The third kappa shape index (κ3) is 4.82. The van der Waals surface area contributed by atoms with Gasteiger partial charge in [-0.3, -0.25) is 29.4 Å². The number of carbonyl (C=O) groups is 3. The Labute approximate surface area is 174 Å². The summed E-state index contributed by atoms with van der Waals surface area (Å²) in [6.07, 6.45) is 1.30. The molecule has 3 rings (SSSR count). The molecule has 1 aliphatic rings. The van der Waals surface area contributed by atoms with Crippen LogP contribution in [0.1, 0.15) is 11.1 Å². The van der Waals surface area contributed by atoms with Crippen molar-refractivity contribution in [2.24, 2.45) is 0 Å². The predicted molar refractivity (Wildman–Crippen MR) is 111 cm³/mol. The largest absolute Gasteiger partial charge is 0.325 e. The third-order valence-electron chi connectivity index (χ3n) is 3.95. The minimum absolute atomic E-state index is 0.0285. The maximum absolute atomic E-state index is 12.6. The zero-order valence-electron chi connectivity index (χ0n) is 15.0. The molecule has 29 heavy (non-hydrogen) atoms. The van der Waals surface area contributed by atoms with Gasteiger partial charge in [-0.05, 0) is 48.5 Å². The fourth-order valence-electron chi connectivity index (χ4n) is 2.60. The number of imide groups is 1. The van der Waals surface area contributed by atoms with Crippen LogP contribution in [0, 0.1) is 17.0 Å². The highest BCUT2D eigenvalue weighted by molar-refractivity contribution is 8.18. The van der Waals surface area contributed by atoms with Gasteiger partial charge in [0.05, 0.1) is 9.83 Å². The molecule has 0 saturated carbocycles. The van der Waals surface area contributed by atoms with Gasteiger partial charge >= 0.3 is 0 Å². The lowest BCUT2D eigenvalue weighted by Gasteiger charge is -2.12. The van der Waals surface area contributed by atoms with Crippen LogP contribution in [0.15, 0.2) is 47.4 Å². The number of nitro groups is 1. The number of amides is 3. The number of rotatable bonds is 5. The summed E-state index contributed by atoms with van der Waals surface area (Å²) >= 11 is 6.68. The fourth-order valence-corrected chi connectivity index (χ4v) is 3.60. The van der Waals surface area contributed by atoms with Crippen LogP contribution >= 0.6 is 23.4 Å². The number of benzene rings is 2. The molecule has 2 aromatic carbocycles. The number of nitro benzene ring substituents is 1. The Kier molecular flexibility index (Phi) is 6.00. The number of non-ortho nitro benzene ring substituents is 1. The number of aryl methyl sites for hydroxylation is 1. The topological polar surface area (TPSA) is 110 Å². The van der Waals surface area contributed by atoms with E-state index in [4.69, 9.17) is 11.6 Å². The Morgan fingerprint density at radius 2 is 2.03 bits per heavy atom. The normalized spacial score (nSPS) is 15.1. The highest BCUT2D eigenvalue weighted by Crippen LogP contribution is 2.34. The summed E-state index contributed by atoms with van der Waals surface area (Å²) in [5, 5.41) is 13.1. The minimum Gasteiger partial charge on any atom is -0.325 e. The van der Waals surface area contributed by atoms with E-state index in [9.17, 15) is 24.5 Å². The molecular weight excluding hydrogens is 418 g/mol. The maximum atomic E-state index is 12.6.